The average Bonchev–Trinajstić information content (AvgIpc) is 2.35. The Morgan fingerprint density at radius 2 is 2.11 bits per heavy atom. The first kappa shape index (κ1) is 13.4. The molecule has 1 aromatic rings. The Kier molecular flexibility index (Phi) is 4.25. The number of benzene rings is 1. The van der Waals surface area contributed by atoms with Gasteiger partial charge in [0.1, 0.15) is 0 Å². The summed E-state index contributed by atoms with van der Waals surface area (Å²) in [7, 11) is 1.76. The summed E-state index contributed by atoms with van der Waals surface area (Å²) < 4.78 is 5.20. The third-order valence-electron chi connectivity index (χ3n) is 3.48. The maximum absolute atomic E-state index is 5.20. The van der Waals surface area contributed by atoms with Gasteiger partial charge in [-0.1, -0.05) is 18.2 Å². The summed E-state index contributed by atoms with van der Waals surface area (Å²) in [6.45, 7) is 8.48. The number of para-hydroxylation sites is 1. The van der Waals surface area contributed by atoms with Crippen LogP contribution in [-0.2, 0) is 11.2 Å². The molecule has 0 aliphatic carbocycles. The molecule has 3 nitrogen and oxygen atoms in total. The minimum atomic E-state index is 0.187. The number of hydrogen-bond acceptors (Lipinski definition) is 3. The highest BCUT2D eigenvalue weighted by molar-refractivity contribution is 5.54. The zero-order chi connectivity index (χ0) is 13.0. The normalized spacial score (nSPS) is 18.9. The number of piperazine rings is 1. The second-order valence-corrected chi connectivity index (χ2v) is 5.60. The van der Waals surface area contributed by atoms with Gasteiger partial charge in [-0.05, 0) is 31.9 Å². The first-order valence-corrected chi connectivity index (χ1v) is 6.69. The predicted molar refractivity (Wildman–Crippen MR) is 76.3 cm³/mol. The van der Waals surface area contributed by atoms with Gasteiger partial charge in [0.15, 0.2) is 0 Å². The average molecular weight is 248 g/mol. The lowest BCUT2D eigenvalue weighted by Crippen LogP contribution is -2.57. The van der Waals surface area contributed by atoms with Crippen LogP contribution in [0.1, 0.15) is 19.4 Å². The maximum Gasteiger partial charge on any atom is 0.0503 e. The zero-order valence-electron chi connectivity index (χ0n) is 11.7. The molecular formula is C15H24N2O. The van der Waals surface area contributed by atoms with Crippen LogP contribution in [0, 0.1) is 0 Å². The van der Waals surface area contributed by atoms with Crippen molar-refractivity contribution in [2.24, 2.45) is 0 Å². The highest BCUT2D eigenvalue weighted by Crippen LogP contribution is 2.24. The summed E-state index contributed by atoms with van der Waals surface area (Å²) in [4.78, 5) is 2.49. The second-order valence-electron chi connectivity index (χ2n) is 5.60. The molecule has 1 N–H and O–H groups in total. The van der Waals surface area contributed by atoms with E-state index in [-0.39, 0.29) is 5.54 Å². The monoisotopic (exact) mass is 248 g/mol. The van der Waals surface area contributed by atoms with E-state index in [2.05, 4.69) is 48.3 Å². The van der Waals surface area contributed by atoms with Gasteiger partial charge in [-0.3, -0.25) is 0 Å². The Morgan fingerprint density at radius 1 is 1.33 bits per heavy atom. The van der Waals surface area contributed by atoms with E-state index >= 15 is 0 Å². The van der Waals surface area contributed by atoms with E-state index in [0.29, 0.717) is 0 Å². The Balaban J connectivity index is 2.16. The lowest BCUT2D eigenvalue weighted by atomic mass is 10.00. The Labute approximate surface area is 110 Å². The topological polar surface area (TPSA) is 24.5 Å². The second kappa shape index (κ2) is 5.72. The van der Waals surface area contributed by atoms with Gasteiger partial charge in [0.05, 0.1) is 6.61 Å². The van der Waals surface area contributed by atoms with E-state index in [1.165, 1.54) is 11.3 Å². The first-order valence-electron chi connectivity index (χ1n) is 6.69. The lowest BCUT2D eigenvalue weighted by molar-refractivity contribution is 0.202. The van der Waals surface area contributed by atoms with E-state index in [1.807, 2.05) is 0 Å². The molecule has 1 aromatic carbocycles. The molecule has 0 radical (unpaired) electrons. The summed E-state index contributed by atoms with van der Waals surface area (Å²) >= 11 is 0. The lowest BCUT2D eigenvalue weighted by Gasteiger charge is -2.41. The van der Waals surface area contributed by atoms with Crippen LogP contribution in [0.4, 0.5) is 5.69 Å². The molecular weight excluding hydrogens is 224 g/mol. The quantitative estimate of drug-likeness (QED) is 0.883. The van der Waals surface area contributed by atoms with Crippen molar-refractivity contribution in [3.63, 3.8) is 0 Å². The van der Waals surface area contributed by atoms with Gasteiger partial charge in [0, 0.05) is 38.0 Å². The number of hydrogen-bond donors (Lipinski definition) is 1. The molecule has 3 heteroatoms. The number of anilines is 1. The van der Waals surface area contributed by atoms with E-state index in [9.17, 15) is 0 Å². The summed E-state index contributed by atoms with van der Waals surface area (Å²) in [5.41, 5.74) is 2.94. The van der Waals surface area contributed by atoms with Crippen molar-refractivity contribution >= 4 is 5.69 Å². The highest BCUT2D eigenvalue weighted by atomic mass is 16.5. The number of methoxy groups -OCH3 is 1. The fraction of sp³-hybridized carbons (Fsp3) is 0.600. The minimum Gasteiger partial charge on any atom is -0.384 e. The van der Waals surface area contributed by atoms with Crippen LogP contribution in [0.5, 0.6) is 0 Å². The Bertz CT molecular complexity index is 390. The first-order chi connectivity index (χ1) is 8.62. The predicted octanol–water partition coefficient (Wildman–Crippen LogP) is 2.06. The van der Waals surface area contributed by atoms with Gasteiger partial charge in [0.25, 0.3) is 0 Å². The smallest absolute Gasteiger partial charge is 0.0503 e. The van der Waals surface area contributed by atoms with Crippen LogP contribution in [-0.4, -0.2) is 38.9 Å². The SMILES string of the molecule is COCCc1ccccc1N1CCNC(C)(C)C1. The zero-order valence-corrected chi connectivity index (χ0v) is 11.7. The van der Waals surface area contributed by atoms with E-state index in [0.717, 1.165) is 32.7 Å². The molecule has 1 saturated heterocycles. The molecule has 1 aliphatic heterocycles. The van der Waals surface area contributed by atoms with Gasteiger partial charge in [-0.25, -0.2) is 0 Å². The molecule has 1 fully saturated rings. The van der Waals surface area contributed by atoms with Gasteiger partial charge in [-0.2, -0.15) is 0 Å². The van der Waals surface area contributed by atoms with E-state index in [4.69, 9.17) is 4.74 Å². The van der Waals surface area contributed by atoms with Crippen molar-refractivity contribution in [2.75, 3.05) is 38.3 Å². The molecule has 0 saturated carbocycles. The molecule has 1 aliphatic rings. The fourth-order valence-corrected chi connectivity index (χ4v) is 2.59. The third-order valence-corrected chi connectivity index (χ3v) is 3.48. The van der Waals surface area contributed by atoms with Crippen molar-refractivity contribution in [3.8, 4) is 0 Å². The summed E-state index contributed by atoms with van der Waals surface area (Å²) in [6.07, 6.45) is 0.983. The van der Waals surface area contributed by atoms with Crippen molar-refractivity contribution in [3.05, 3.63) is 29.8 Å². The minimum absolute atomic E-state index is 0.187. The van der Waals surface area contributed by atoms with Gasteiger partial charge >= 0.3 is 0 Å². The van der Waals surface area contributed by atoms with Gasteiger partial charge in [0.2, 0.25) is 0 Å². The molecule has 0 bridgehead atoms. The number of rotatable bonds is 4. The number of nitrogens with zero attached hydrogens (tertiary/aromatic N) is 1. The number of ether oxygens (including phenoxy) is 1. The summed E-state index contributed by atoms with van der Waals surface area (Å²) in [5, 5.41) is 3.55. The van der Waals surface area contributed by atoms with E-state index in [1.54, 1.807) is 7.11 Å². The fourth-order valence-electron chi connectivity index (χ4n) is 2.59. The van der Waals surface area contributed by atoms with Crippen molar-refractivity contribution in [1.82, 2.24) is 5.32 Å². The van der Waals surface area contributed by atoms with E-state index < -0.39 is 0 Å². The summed E-state index contributed by atoms with van der Waals surface area (Å²) in [6, 6.07) is 8.68. The van der Waals surface area contributed by atoms with Crippen molar-refractivity contribution in [1.29, 1.82) is 0 Å². The highest BCUT2D eigenvalue weighted by Gasteiger charge is 2.26. The van der Waals surface area contributed by atoms with Crippen LogP contribution < -0.4 is 10.2 Å². The van der Waals surface area contributed by atoms with Crippen LogP contribution in [0.25, 0.3) is 0 Å². The van der Waals surface area contributed by atoms with Gasteiger partial charge < -0.3 is 15.0 Å². The van der Waals surface area contributed by atoms with Crippen LogP contribution in [0.2, 0.25) is 0 Å². The largest absolute Gasteiger partial charge is 0.384 e. The van der Waals surface area contributed by atoms with Gasteiger partial charge in [-0.15, -0.1) is 0 Å². The molecule has 1 heterocycles. The third kappa shape index (κ3) is 3.24. The van der Waals surface area contributed by atoms with Crippen LogP contribution in [0.15, 0.2) is 24.3 Å². The molecule has 0 aromatic heterocycles. The molecule has 100 valence electrons. The molecule has 0 spiro atoms. The van der Waals surface area contributed by atoms with Crippen LogP contribution >= 0.6 is 0 Å². The van der Waals surface area contributed by atoms with Crippen molar-refractivity contribution < 1.29 is 4.74 Å². The maximum atomic E-state index is 5.20. The standard InChI is InChI=1S/C15H24N2O/c1-15(2)12-17(10-9-16-15)14-7-5-4-6-13(14)8-11-18-3/h4-7,16H,8-12H2,1-3H3. The molecule has 18 heavy (non-hydrogen) atoms. The molecule has 2 rings (SSSR count). The molecule has 0 amide bonds. The molecule has 0 unspecified atom stereocenters. The summed E-state index contributed by atoms with van der Waals surface area (Å²) in [5.74, 6) is 0. The Morgan fingerprint density at radius 3 is 2.83 bits per heavy atom. The molecule has 0 atom stereocenters. The Hall–Kier alpha value is -1.06. The van der Waals surface area contributed by atoms with Crippen LogP contribution in [0.3, 0.4) is 0 Å². The number of nitrogens with one attached hydrogen (secondary N) is 1. The van der Waals surface area contributed by atoms with Crippen molar-refractivity contribution in [2.45, 2.75) is 25.8 Å².